The Morgan fingerprint density at radius 1 is 1.09 bits per heavy atom. The molecule has 23 heavy (non-hydrogen) atoms. The minimum atomic E-state index is 0.119. The number of nitrogens with zero attached hydrogens (tertiary/aromatic N) is 3. The fourth-order valence-electron chi connectivity index (χ4n) is 2.76. The van der Waals surface area contributed by atoms with Crippen LogP contribution in [0, 0.1) is 13.8 Å². The third kappa shape index (κ3) is 4.89. The van der Waals surface area contributed by atoms with Crippen LogP contribution in [0.3, 0.4) is 0 Å². The molecule has 126 valence electrons. The smallest absolute Gasteiger partial charge is 0.0644 e. The van der Waals surface area contributed by atoms with Gasteiger partial charge in [-0.15, -0.1) is 0 Å². The van der Waals surface area contributed by atoms with E-state index in [2.05, 4.69) is 60.6 Å². The summed E-state index contributed by atoms with van der Waals surface area (Å²) < 4.78 is 1.88. The third-order valence-corrected chi connectivity index (χ3v) is 4.00. The second-order valence-electron chi connectivity index (χ2n) is 6.25. The molecule has 0 unspecified atom stereocenters. The van der Waals surface area contributed by atoms with Crippen LogP contribution in [0.4, 0.5) is 0 Å². The molecule has 1 heterocycles. The van der Waals surface area contributed by atoms with E-state index in [9.17, 15) is 0 Å². The summed E-state index contributed by atoms with van der Waals surface area (Å²) in [5.41, 5.74) is 6.00. The van der Waals surface area contributed by atoms with Gasteiger partial charge in [0.1, 0.15) is 0 Å². The molecule has 0 saturated heterocycles. The molecule has 1 aromatic carbocycles. The maximum Gasteiger partial charge on any atom is 0.0644 e. The molecule has 0 saturated carbocycles. The fourth-order valence-corrected chi connectivity index (χ4v) is 2.76. The van der Waals surface area contributed by atoms with Gasteiger partial charge in [0.25, 0.3) is 0 Å². The molecule has 2 rings (SSSR count). The van der Waals surface area contributed by atoms with E-state index >= 15 is 0 Å². The monoisotopic (exact) mass is 316 g/mol. The van der Waals surface area contributed by atoms with Gasteiger partial charge < -0.3 is 15.3 Å². The first-order valence-corrected chi connectivity index (χ1v) is 8.08. The van der Waals surface area contributed by atoms with Gasteiger partial charge in [-0.3, -0.25) is 4.68 Å². The first-order valence-electron chi connectivity index (χ1n) is 8.08. The van der Waals surface area contributed by atoms with Gasteiger partial charge in [-0.25, -0.2) is 0 Å². The van der Waals surface area contributed by atoms with Crippen molar-refractivity contribution in [2.75, 3.05) is 20.7 Å². The first kappa shape index (κ1) is 17.7. The van der Waals surface area contributed by atoms with Crippen LogP contribution in [0.15, 0.2) is 24.3 Å². The van der Waals surface area contributed by atoms with Crippen molar-refractivity contribution in [3.8, 4) is 0 Å². The largest absolute Gasteiger partial charge is 0.394 e. The van der Waals surface area contributed by atoms with Crippen molar-refractivity contribution in [3.05, 3.63) is 52.3 Å². The Bertz CT molecular complexity index is 617. The van der Waals surface area contributed by atoms with E-state index in [1.807, 2.05) is 11.6 Å². The average Bonchev–Trinajstić information content (AvgIpc) is 2.76. The van der Waals surface area contributed by atoms with Gasteiger partial charge in [-0.2, -0.15) is 5.10 Å². The van der Waals surface area contributed by atoms with Gasteiger partial charge in [0.05, 0.1) is 18.8 Å². The molecule has 0 radical (unpaired) electrons. The summed E-state index contributed by atoms with van der Waals surface area (Å²) in [6, 6.07) is 8.74. The van der Waals surface area contributed by atoms with Crippen molar-refractivity contribution in [1.29, 1.82) is 0 Å². The number of aromatic nitrogens is 2. The Balaban J connectivity index is 1.90. The molecule has 0 spiro atoms. The minimum Gasteiger partial charge on any atom is -0.394 e. The highest BCUT2D eigenvalue weighted by atomic mass is 16.3. The van der Waals surface area contributed by atoms with Crippen LogP contribution in [-0.2, 0) is 26.2 Å². The predicted molar refractivity (Wildman–Crippen MR) is 93.2 cm³/mol. The molecule has 0 atom stereocenters. The second kappa shape index (κ2) is 8.24. The summed E-state index contributed by atoms with van der Waals surface area (Å²) in [7, 11) is 4.16. The number of benzene rings is 1. The van der Waals surface area contributed by atoms with Crippen molar-refractivity contribution in [3.63, 3.8) is 0 Å². The molecule has 0 aliphatic rings. The average molecular weight is 316 g/mol. The number of nitrogens with one attached hydrogen (secondary N) is 1. The molecular weight excluding hydrogens is 288 g/mol. The Morgan fingerprint density at radius 2 is 1.74 bits per heavy atom. The van der Waals surface area contributed by atoms with Crippen LogP contribution in [0.1, 0.15) is 28.1 Å². The van der Waals surface area contributed by atoms with E-state index in [0.717, 1.165) is 31.0 Å². The molecular formula is C18H28N4O. The SMILES string of the molecule is Cc1nn(CCO)c(C)c1CNCc1ccc(CN(C)C)cc1. The zero-order valence-electron chi connectivity index (χ0n) is 14.6. The molecule has 2 N–H and O–H groups in total. The normalized spacial score (nSPS) is 11.4. The molecule has 0 amide bonds. The van der Waals surface area contributed by atoms with E-state index in [0.29, 0.717) is 6.54 Å². The van der Waals surface area contributed by atoms with Gasteiger partial charge in [0, 0.05) is 30.9 Å². The molecule has 0 fully saturated rings. The molecule has 0 bridgehead atoms. The lowest BCUT2D eigenvalue weighted by Gasteiger charge is -2.10. The molecule has 0 aliphatic heterocycles. The van der Waals surface area contributed by atoms with Crippen LogP contribution in [-0.4, -0.2) is 40.5 Å². The highest BCUT2D eigenvalue weighted by molar-refractivity contribution is 5.25. The van der Waals surface area contributed by atoms with Crippen molar-refractivity contribution in [2.24, 2.45) is 0 Å². The number of aryl methyl sites for hydroxylation is 1. The lowest BCUT2D eigenvalue weighted by Crippen LogP contribution is -2.14. The highest BCUT2D eigenvalue weighted by Gasteiger charge is 2.10. The van der Waals surface area contributed by atoms with Crippen LogP contribution in [0.25, 0.3) is 0 Å². The standard InChI is InChI=1S/C18H28N4O/c1-14-18(15(2)22(20-14)9-10-23)12-19-11-16-5-7-17(8-6-16)13-21(3)4/h5-8,19,23H,9-13H2,1-4H3. The summed E-state index contributed by atoms with van der Waals surface area (Å²) >= 11 is 0. The number of aliphatic hydroxyl groups is 1. The molecule has 5 heteroatoms. The predicted octanol–water partition coefficient (Wildman–Crippen LogP) is 1.84. The molecule has 2 aromatic rings. The maximum atomic E-state index is 9.07. The Hall–Kier alpha value is -1.69. The van der Waals surface area contributed by atoms with Crippen molar-refractivity contribution in [1.82, 2.24) is 20.0 Å². The van der Waals surface area contributed by atoms with E-state index in [1.165, 1.54) is 16.7 Å². The van der Waals surface area contributed by atoms with Gasteiger partial charge in [-0.05, 0) is 39.1 Å². The van der Waals surface area contributed by atoms with Gasteiger partial charge in [0.15, 0.2) is 0 Å². The first-order chi connectivity index (χ1) is 11.0. The van der Waals surface area contributed by atoms with Gasteiger partial charge in [-0.1, -0.05) is 24.3 Å². The molecule has 1 aromatic heterocycles. The summed E-state index contributed by atoms with van der Waals surface area (Å²) in [6.45, 7) is 7.36. The zero-order chi connectivity index (χ0) is 16.8. The van der Waals surface area contributed by atoms with Gasteiger partial charge in [0.2, 0.25) is 0 Å². The summed E-state index contributed by atoms with van der Waals surface area (Å²) in [4.78, 5) is 2.17. The summed E-state index contributed by atoms with van der Waals surface area (Å²) in [5, 5.41) is 17.0. The fraction of sp³-hybridized carbons (Fsp3) is 0.500. The van der Waals surface area contributed by atoms with Crippen LogP contribution >= 0.6 is 0 Å². The third-order valence-electron chi connectivity index (χ3n) is 4.00. The van der Waals surface area contributed by atoms with Crippen LogP contribution in [0.2, 0.25) is 0 Å². The Morgan fingerprint density at radius 3 is 2.35 bits per heavy atom. The minimum absolute atomic E-state index is 0.119. The number of hydrogen-bond acceptors (Lipinski definition) is 4. The lowest BCUT2D eigenvalue weighted by molar-refractivity contribution is 0.267. The Labute approximate surface area is 138 Å². The molecule has 5 nitrogen and oxygen atoms in total. The summed E-state index contributed by atoms with van der Waals surface area (Å²) in [5.74, 6) is 0. The number of aliphatic hydroxyl groups excluding tert-OH is 1. The van der Waals surface area contributed by atoms with Crippen LogP contribution < -0.4 is 5.32 Å². The topological polar surface area (TPSA) is 53.3 Å². The van der Waals surface area contributed by atoms with Gasteiger partial charge >= 0.3 is 0 Å². The van der Waals surface area contributed by atoms with E-state index in [1.54, 1.807) is 0 Å². The van der Waals surface area contributed by atoms with E-state index < -0.39 is 0 Å². The zero-order valence-corrected chi connectivity index (χ0v) is 14.6. The van der Waals surface area contributed by atoms with Crippen molar-refractivity contribution < 1.29 is 5.11 Å². The molecule has 0 aliphatic carbocycles. The van der Waals surface area contributed by atoms with E-state index in [-0.39, 0.29) is 6.61 Å². The quantitative estimate of drug-likeness (QED) is 0.780. The number of hydrogen-bond donors (Lipinski definition) is 2. The van der Waals surface area contributed by atoms with E-state index in [4.69, 9.17) is 5.11 Å². The number of rotatable bonds is 8. The van der Waals surface area contributed by atoms with Crippen LogP contribution in [0.5, 0.6) is 0 Å². The van der Waals surface area contributed by atoms with Crippen molar-refractivity contribution in [2.45, 2.75) is 40.0 Å². The lowest BCUT2D eigenvalue weighted by atomic mass is 10.1. The maximum absolute atomic E-state index is 9.07. The summed E-state index contributed by atoms with van der Waals surface area (Å²) in [6.07, 6.45) is 0. The van der Waals surface area contributed by atoms with Crippen molar-refractivity contribution >= 4 is 0 Å². The second-order valence-corrected chi connectivity index (χ2v) is 6.25. The Kier molecular flexibility index (Phi) is 6.33. The highest BCUT2D eigenvalue weighted by Crippen LogP contribution is 2.13.